The molecule has 20 heavy (non-hydrogen) atoms. The third-order valence-electron chi connectivity index (χ3n) is 3.55. The molecule has 1 N–H and O–H groups in total. The van der Waals surface area contributed by atoms with Crippen LogP contribution in [-0.2, 0) is 12.1 Å². The number of rotatable bonds is 5. The van der Waals surface area contributed by atoms with Crippen molar-refractivity contribution < 1.29 is 0 Å². The van der Waals surface area contributed by atoms with Gasteiger partial charge < -0.3 is 0 Å². The zero-order chi connectivity index (χ0) is 14.6. The van der Waals surface area contributed by atoms with E-state index in [2.05, 4.69) is 21.5 Å². The second-order valence-electron chi connectivity index (χ2n) is 4.81. The summed E-state index contributed by atoms with van der Waals surface area (Å²) in [5.74, 6) is 1.63. The molecule has 0 aliphatic carbocycles. The highest BCUT2D eigenvalue weighted by molar-refractivity contribution is 5.31. The molecule has 1 unspecified atom stereocenters. The van der Waals surface area contributed by atoms with Gasteiger partial charge in [0, 0.05) is 13.0 Å². The van der Waals surface area contributed by atoms with Gasteiger partial charge in [0.25, 0.3) is 0 Å². The topological polar surface area (TPSA) is 66.5 Å². The Bertz CT molecular complexity index is 611. The van der Waals surface area contributed by atoms with Gasteiger partial charge in [-0.25, -0.2) is 4.98 Å². The number of aromatic nitrogens is 3. The Balaban J connectivity index is 2.23. The molecular formula is C15H19N5. The van der Waals surface area contributed by atoms with Gasteiger partial charge in [0.05, 0.1) is 6.07 Å². The molecule has 0 amide bonds. The maximum absolute atomic E-state index is 9.62. The van der Waals surface area contributed by atoms with Crippen molar-refractivity contribution in [2.75, 3.05) is 7.05 Å². The van der Waals surface area contributed by atoms with Gasteiger partial charge in [-0.1, -0.05) is 30.3 Å². The van der Waals surface area contributed by atoms with E-state index in [1.807, 2.05) is 55.9 Å². The summed E-state index contributed by atoms with van der Waals surface area (Å²) >= 11 is 0. The van der Waals surface area contributed by atoms with Crippen LogP contribution in [0.25, 0.3) is 0 Å². The van der Waals surface area contributed by atoms with Crippen molar-refractivity contribution in [3.05, 3.63) is 47.5 Å². The standard InChI is InChI=1S/C15H19N5/c1-12-18-13(2)20(19-12)10-9-15(11-16,17-3)14-7-5-4-6-8-14/h4-8,17H,9-10H2,1-3H3. The van der Waals surface area contributed by atoms with Crippen LogP contribution in [0.4, 0.5) is 0 Å². The van der Waals surface area contributed by atoms with Crippen molar-refractivity contribution in [1.82, 2.24) is 20.1 Å². The molecule has 1 atom stereocenters. The average Bonchev–Trinajstić information content (AvgIpc) is 2.80. The van der Waals surface area contributed by atoms with Crippen molar-refractivity contribution in [2.24, 2.45) is 0 Å². The molecule has 0 bridgehead atoms. The van der Waals surface area contributed by atoms with Gasteiger partial charge in [0.1, 0.15) is 17.2 Å². The minimum atomic E-state index is -0.701. The smallest absolute Gasteiger partial charge is 0.147 e. The number of benzene rings is 1. The summed E-state index contributed by atoms with van der Waals surface area (Å²) in [6, 6.07) is 12.2. The fourth-order valence-corrected chi connectivity index (χ4v) is 2.36. The Kier molecular flexibility index (Phi) is 4.16. The van der Waals surface area contributed by atoms with E-state index in [1.165, 1.54) is 0 Å². The van der Waals surface area contributed by atoms with Crippen molar-refractivity contribution in [3.63, 3.8) is 0 Å². The van der Waals surface area contributed by atoms with Crippen LogP contribution in [-0.4, -0.2) is 21.8 Å². The molecule has 104 valence electrons. The normalized spacial score (nSPS) is 13.7. The largest absolute Gasteiger partial charge is 0.299 e. The quantitative estimate of drug-likeness (QED) is 0.900. The van der Waals surface area contributed by atoms with Crippen LogP contribution < -0.4 is 5.32 Å². The Morgan fingerprint density at radius 3 is 2.50 bits per heavy atom. The molecular weight excluding hydrogens is 250 g/mol. The monoisotopic (exact) mass is 269 g/mol. The lowest BCUT2D eigenvalue weighted by Gasteiger charge is -2.26. The summed E-state index contributed by atoms with van der Waals surface area (Å²) in [6.45, 7) is 4.45. The molecule has 0 fully saturated rings. The van der Waals surface area contributed by atoms with Crippen LogP contribution >= 0.6 is 0 Å². The average molecular weight is 269 g/mol. The summed E-state index contributed by atoms with van der Waals surface area (Å²) in [4.78, 5) is 4.28. The van der Waals surface area contributed by atoms with E-state index in [0.29, 0.717) is 13.0 Å². The third kappa shape index (κ3) is 2.70. The molecule has 5 heteroatoms. The highest BCUT2D eigenvalue weighted by Crippen LogP contribution is 2.24. The predicted octanol–water partition coefficient (Wildman–Crippen LogP) is 1.92. The summed E-state index contributed by atoms with van der Waals surface area (Å²) in [5.41, 5.74) is 0.271. The van der Waals surface area contributed by atoms with Crippen LogP contribution in [0.1, 0.15) is 23.6 Å². The van der Waals surface area contributed by atoms with E-state index in [-0.39, 0.29) is 0 Å². The highest BCUT2D eigenvalue weighted by atomic mass is 15.3. The fourth-order valence-electron chi connectivity index (χ4n) is 2.36. The summed E-state index contributed by atoms with van der Waals surface area (Å²) in [5, 5.41) is 17.1. The van der Waals surface area contributed by atoms with E-state index >= 15 is 0 Å². The second-order valence-corrected chi connectivity index (χ2v) is 4.81. The lowest BCUT2D eigenvalue weighted by Crippen LogP contribution is -2.39. The first-order valence-corrected chi connectivity index (χ1v) is 6.65. The maximum atomic E-state index is 9.62. The molecule has 1 aromatic carbocycles. The zero-order valence-corrected chi connectivity index (χ0v) is 12.1. The van der Waals surface area contributed by atoms with Gasteiger partial charge in [-0.2, -0.15) is 10.4 Å². The highest BCUT2D eigenvalue weighted by Gasteiger charge is 2.30. The van der Waals surface area contributed by atoms with E-state index in [9.17, 15) is 5.26 Å². The first-order chi connectivity index (χ1) is 9.61. The number of nitriles is 1. The Hall–Kier alpha value is -2.19. The van der Waals surface area contributed by atoms with Gasteiger partial charge in [-0.15, -0.1) is 0 Å². The first-order valence-electron chi connectivity index (χ1n) is 6.65. The van der Waals surface area contributed by atoms with E-state index < -0.39 is 5.54 Å². The molecule has 0 saturated carbocycles. The molecule has 2 aromatic rings. The van der Waals surface area contributed by atoms with Crippen molar-refractivity contribution in [1.29, 1.82) is 5.26 Å². The van der Waals surface area contributed by atoms with Crippen molar-refractivity contribution in [3.8, 4) is 6.07 Å². The molecule has 2 rings (SSSR count). The van der Waals surface area contributed by atoms with Gasteiger partial charge in [-0.05, 0) is 26.5 Å². The molecule has 0 aliphatic heterocycles. The summed E-state index contributed by atoms with van der Waals surface area (Å²) in [6.07, 6.45) is 0.633. The molecule has 5 nitrogen and oxygen atoms in total. The molecule has 1 aromatic heterocycles. The predicted molar refractivity (Wildman–Crippen MR) is 76.9 cm³/mol. The van der Waals surface area contributed by atoms with Crippen molar-refractivity contribution >= 4 is 0 Å². The fraction of sp³-hybridized carbons (Fsp3) is 0.400. The Morgan fingerprint density at radius 2 is 2.00 bits per heavy atom. The molecule has 1 heterocycles. The van der Waals surface area contributed by atoms with E-state index in [4.69, 9.17) is 0 Å². The minimum absolute atomic E-state index is 0.633. The first kappa shape index (κ1) is 14.2. The van der Waals surface area contributed by atoms with Gasteiger partial charge >= 0.3 is 0 Å². The van der Waals surface area contributed by atoms with Crippen LogP contribution in [0.2, 0.25) is 0 Å². The Morgan fingerprint density at radius 1 is 1.30 bits per heavy atom. The molecule has 0 saturated heterocycles. The van der Waals surface area contributed by atoms with E-state index in [0.717, 1.165) is 17.2 Å². The second kappa shape index (κ2) is 5.85. The lowest BCUT2D eigenvalue weighted by molar-refractivity contribution is 0.386. The summed E-state index contributed by atoms with van der Waals surface area (Å²) in [7, 11) is 1.82. The van der Waals surface area contributed by atoms with Crippen LogP contribution in [0.3, 0.4) is 0 Å². The minimum Gasteiger partial charge on any atom is -0.299 e. The van der Waals surface area contributed by atoms with E-state index in [1.54, 1.807) is 0 Å². The SMILES string of the molecule is CNC(C#N)(CCn1nc(C)nc1C)c1ccccc1. The maximum Gasteiger partial charge on any atom is 0.147 e. The molecule has 0 spiro atoms. The van der Waals surface area contributed by atoms with Crippen molar-refractivity contribution in [2.45, 2.75) is 32.4 Å². The number of nitrogens with one attached hydrogen (secondary N) is 1. The number of hydrogen-bond donors (Lipinski definition) is 1. The summed E-state index contributed by atoms with van der Waals surface area (Å²) < 4.78 is 1.85. The van der Waals surface area contributed by atoms with Gasteiger partial charge in [0.15, 0.2) is 0 Å². The third-order valence-corrected chi connectivity index (χ3v) is 3.55. The van der Waals surface area contributed by atoms with Crippen LogP contribution in [0.15, 0.2) is 30.3 Å². The van der Waals surface area contributed by atoms with Crippen LogP contribution in [0, 0.1) is 25.2 Å². The van der Waals surface area contributed by atoms with Gasteiger partial charge in [0.2, 0.25) is 0 Å². The number of hydrogen-bond acceptors (Lipinski definition) is 4. The Labute approximate surface area is 119 Å². The molecule has 0 radical (unpaired) electrons. The number of aryl methyl sites for hydroxylation is 3. The lowest BCUT2D eigenvalue weighted by atomic mass is 9.88. The van der Waals surface area contributed by atoms with Crippen LogP contribution in [0.5, 0.6) is 0 Å². The van der Waals surface area contributed by atoms with Gasteiger partial charge in [-0.3, -0.25) is 10.00 Å². The number of nitrogens with zero attached hydrogens (tertiary/aromatic N) is 4. The molecule has 0 aliphatic rings. The zero-order valence-electron chi connectivity index (χ0n) is 12.1.